The number of para-hydroxylation sites is 1. The van der Waals surface area contributed by atoms with Gasteiger partial charge in [0, 0.05) is 49.9 Å². The number of piperazine rings is 1. The molecule has 1 saturated heterocycles. The Morgan fingerprint density at radius 1 is 0.972 bits per heavy atom. The summed E-state index contributed by atoms with van der Waals surface area (Å²) < 4.78 is 17.9. The largest absolute Gasteiger partial charge is 0.336 e. The van der Waals surface area contributed by atoms with E-state index < -0.39 is 5.82 Å². The Morgan fingerprint density at radius 3 is 2.56 bits per heavy atom. The molecule has 2 heterocycles. The molecule has 9 heteroatoms. The van der Waals surface area contributed by atoms with Gasteiger partial charge in [-0.1, -0.05) is 47.5 Å². The van der Waals surface area contributed by atoms with Crippen LogP contribution in [0.2, 0.25) is 10.0 Å². The van der Waals surface area contributed by atoms with Gasteiger partial charge in [0.1, 0.15) is 5.82 Å². The summed E-state index contributed by atoms with van der Waals surface area (Å²) >= 11 is 13.4. The Hall–Kier alpha value is -2.84. The number of nitrogens with one attached hydrogen (secondary N) is 1. The molecule has 1 amide bonds. The molecule has 0 saturated carbocycles. The standard InChI is InChI=1S/C27H23Cl2FN4OS/c28-21-8-6-18(15-22(21)29)17-33-11-13-34(14-12-33)27(35)20-7-9-24(23(30)16-20)32-36-25-5-1-3-19-4-2-10-31-26(19)25/h1-10,15-16,32H,11-14,17H2. The molecule has 3 aromatic carbocycles. The average molecular weight is 541 g/mol. The molecule has 0 spiro atoms. The van der Waals surface area contributed by atoms with Crippen LogP contribution in [0.25, 0.3) is 10.9 Å². The summed E-state index contributed by atoms with van der Waals surface area (Å²) in [7, 11) is 0. The van der Waals surface area contributed by atoms with Crippen molar-refractivity contribution in [3.05, 3.63) is 99.9 Å². The second-order valence-electron chi connectivity index (χ2n) is 8.55. The van der Waals surface area contributed by atoms with Gasteiger partial charge in [-0.3, -0.25) is 14.7 Å². The molecule has 1 aromatic heterocycles. The van der Waals surface area contributed by atoms with Crippen LogP contribution < -0.4 is 4.72 Å². The van der Waals surface area contributed by atoms with E-state index in [4.69, 9.17) is 23.2 Å². The smallest absolute Gasteiger partial charge is 0.254 e. The summed E-state index contributed by atoms with van der Waals surface area (Å²) in [5, 5.41) is 2.09. The molecule has 4 aromatic rings. The average Bonchev–Trinajstić information content (AvgIpc) is 2.90. The molecular weight excluding hydrogens is 518 g/mol. The number of carbonyl (C=O) groups is 1. The van der Waals surface area contributed by atoms with Gasteiger partial charge in [-0.15, -0.1) is 0 Å². The van der Waals surface area contributed by atoms with Crippen molar-refractivity contribution in [1.29, 1.82) is 0 Å². The first-order valence-corrected chi connectivity index (χ1v) is 13.1. The lowest BCUT2D eigenvalue weighted by Crippen LogP contribution is -2.48. The van der Waals surface area contributed by atoms with Crippen molar-refractivity contribution in [3.63, 3.8) is 0 Å². The number of nitrogens with zero attached hydrogens (tertiary/aromatic N) is 3. The first-order chi connectivity index (χ1) is 17.5. The van der Waals surface area contributed by atoms with Gasteiger partial charge in [-0.05, 0) is 60.0 Å². The zero-order chi connectivity index (χ0) is 25.1. The van der Waals surface area contributed by atoms with E-state index in [9.17, 15) is 9.18 Å². The van der Waals surface area contributed by atoms with Gasteiger partial charge in [0.2, 0.25) is 0 Å². The molecule has 1 fully saturated rings. The quantitative estimate of drug-likeness (QED) is 0.274. The number of fused-ring (bicyclic) bond motifs is 1. The number of amides is 1. The maximum atomic E-state index is 14.9. The minimum absolute atomic E-state index is 0.166. The first kappa shape index (κ1) is 24.8. The summed E-state index contributed by atoms with van der Waals surface area (Å²) in [6, 6.07) is 19.9. The number of rotatable bonds is 6. The predicted octanol–water partition coefficient (Wildman–Crippen LogP) is 6.76. The Balaban J connectivity index is 1.18. The third-order valence-corrected chi connectivity index (χ3v) is 7.74. The Morgan fingerprint density at radius 2 is 1.78 bits per heavy atom. The maximum Gasteiger partial charge on any atom is 0.254 e. The number of hydrogen-bond donors (Lipinski definition) is 1. The van der Waals surface area contributed by atoms with E-state index in [0.717, 1.165) is 41.0 Å². The number of anilines is 1. The normalized spacial score (nSPS) is 14.2. The fourth-order valence-corrected chi connectivity index (χ4v) is 5.31. The number of hydrogen-bond acceptors (Lipinski definition) is 5. The van der Waals surface area contributed by atoms with Crippen molar-refractivity contribution < 1.29 is 9.18 Å². The zero-order valence-electron chi connectivity index (χ0n) is 19.3. The minimum Gasteiger partial charge on any atom is -0.336 e. The fraction of sp³-hybridized carbons (Fsp3) is 0.185. The van der Waals surface area contributed by atoms with Crippen molar-refractivity contribution in [2.24, 2.45) is 0 Å². The van der Waals surface area contributed by atoms with Crippen molar-refractivity contribution >= 4 is 57.6 Å². The van der Waals surface area contributed by atoms with Crippen LogP contribution >= 0.6 is 35.1 Å². The van der Waals surface area contributed by atoms with Crippen molar-refractivity contribution in [3.8, 4) is 0 Å². The van der Waals surface area contributed by atoms with Crippen LogP contribution in [0.1, 0.15) is 15.9 Å². The van der Waals surface area contributed by atoms with Gasteiger partial charge >= 0.3 is 0 Å². The number of pyridine rings is 1. The van der Waals surface area contributed by atoms with Crippen LogP contribution in [0.3, 0.4) is 0 Å². The van der Waals surface area contributed by atoms with Gasteiger partial charge in [0.25, 0.3) is 5.91 Å². The number of carbonyl (C=O) groups excluding carboxylic acids is 1. The summed E-state index contributed by atoms with van der Waals surface area (Å²) in [5.41, 5.74) is 2.58. The topological polar surface area (TPSA) is 48.5 Å². The van der Waals surface area contributed by atoms with E-state index in [0.29, 0.717) is 34.4 Å². The highest BCUT2D eigenvalue weighted by Crippen LogP contribution is 2.29. The molecule has 1 N–H and O–H groups in total. The lowest BCUT2D eigenvalue weighted by Gasteiger charge is -2.35. The molecule has 184 valence electrons. The van der Waals surface area contributed by atoms with Gasteiger partial charge < -0.3 is 9.62 Å². The first-order valence-electron chi connectivity index (χ1n) is 11.5. The molecule has 1 aliphatic heterocycles. The predicted molar refractivity (Wildman–Crippen MR) is 145 cm³/mol. The number of halogens is 3. The van der Waals surface area contributed by atoms with Crippen LogP contribution in [0.5, 0.6) is 0 Å². The fourth-order valence-electron chi connectivity index (χ4n) is 4.19. The summed E-state index contributed by atoms with van der Waals surface area (Å²) in [6.45, 7) is 3.34. The van der Waals surface area contributed by atoms with Gasteiger partial charge in [-0.2, -0.15) is 0 Å². The molecule has 36 heavy (non-hydrogen) atoms. The molecule has 1 aliphatic rings. The van der Waals surface area contributed by atoms with Crippen molar-refractivity contribution in [2.45, 2.75) is 11.4 Å². The van der Waals surface area contributed by atoms with E-state index in [1.165, 1.54) is 18.0 Å². The molecule has 5 rings (SSSR count). The third-order valence-electron chi connectivity index (χ3n) is 6.13. The van der Waals surface area contributed by atoms with E-state index in [1.54, 1.807) is 29.3 Å². The summed E-state index contributed by atoms with van der Waals surface area (Å²) in [5.74, 6) is -0.639. The van der Waals surface area contributed by atoms with E-state index >= 15 is 0 Å². The molecular formula is C27H23Cl2FN4OS. The van der Waals surface area contributed by atoms with Gasteiger partial charge in [0.15, 0.2) is 0 Å². The van der Waals surface area contributed by atoms with Gasteiger partial charge in [0.05, 0.1) is 26.1 Å². The lowest BCUT2D eigenvalue weighted by atomic mass is 10.1. The zero-order valence-corrected chi connectivity index (χ0v) is 21.6. The van der Waals surface area contributed by atoms with Crippen LogP contribution in [-0.4, -0.2) is 46.9 Å². The summed E-state index contributed by atoms with van der Waals surface area (Å²) in [4.78, 5) is 22.4. The van der Waals surface area contributed by atoms with Crippen molar-refractivity contribution in [1.82, 2.24) is 14.8 Å². The van der Waals surface area contributed by atoms with Crippen LogP contribution in [0.4, 0.5) is 10.1 Å². The Labute approximate surface area is 223 Å². The highest BCUT2D eigenvalue weighted by Gasteiger charge is 2.23. The van der Waals surface area contributed by atoms with E-state index in [1.807, 2.05) is 42.5 Å². The van der Waals surface area contributed by atoms with Crippen LogP contribution in [0, 0.1) is 5.82 Å². The SMILES string of the molecule is O=C(c1ccc(NSc2cccc3cccnc23)c(F)c1)N1CCN(Cc2ccc(Cl)c(Cl)c2)CC1. The second-order valence-corrected chi connectivity index (χ2v) is 10.2. The van der Waals surface area contributed by atoms with E-state index in [2.05, 4.69) is 14.6 Å². The molecule has 5 nitrogen and oxygen atoms in total. The number of benzene rings is 3. The molecule has 0 aliphatic carbocycles. The van der Waals surface area contributed by atoms with E-state index in [-0.39, 0.29) is 5.91 Å². The minimum atomic E-state index is -0.472. The molecule has 0 atom stereocenters. The van der Waals surface area contributed by atoms with Gasteiger partial charge in [-0.25, -0.2) is 4.39 Å². The Bertz CT molecular complexity index is 1410. The van der Waals surface area contributed by atoms with Crippen LogP contribution in [-0.2, 0) is 6.54 Å². The lowest BCUT2D eigenvalue weighted by molar-refractivity contribution is 0.0628. The third kappa shape index (κ3) is 5.60. The number of aromatic nitrogens is 1. The summed E-state index contributed by atoms with van der Waals surface area (Å²) in [6.07, 6.45) is 1.74. The maximum absolute atomic E-state index is 14.9. The monoisotopic (exact) mass is 540 g/mol. The van der Waals surface area contributed by atoms with Crippen LogP contribution in [0.15, 0.2) is 77.8 Å². The molecule has 0 radical (unpaired) electrons. The Kier molecular flexibility index (Phi) is 7.62. The molecule has 0 bridgehead atoms. The highest BCUT2D eigenvalue weighted by atomic mass is 35.5. The highest BCUT2D eigenvalue weighted by molar-refractivity contribution is 8.00. The second kappa shape index (κ2) is 11.0. The molecule has 0 unspecified atom stereocenters. The van der Waals surface area contributed by atoms with Crippen molar-refractivity contribution in [2.75, 3.05) is 30.9 Å².